The maximum Gasteiger partial charge on any atom is 0.331 e. The summed E-state index contributed by atoms with van der Waals surface area (Å²) in [6, 6.07) is 1.08. The van der Waals surface area contributed by atoms with E-state index in [0.29, 0.717) is 0 Å². The third-order valence-electron chi connectivity index (χ3n) is 2.67. The minimum Gasteiger partial charge on any atom is -0.433 e. The summed E-state index contributed by atoms with van der Waals surface area (Å²) in [5, 5.41) is 0. The number of aromatic amines is 1. The van der Waals surface area contributed by atoms with Crippen LogP contribution in [0, 0.1) is 5.41 Å². The number of hydrogen-bond acceptors (Lipinski definition) is 5. The highest BCUT2D eigenvalue weighted by Gasteiger charge is 2.51. The van der Waals surface area contributed by atoms with E-state index in [1.807, 2.05) is 4.98 Å². The van der Waals surface area contributed by atoms with Gasteiger partial charge in [0, 0.05) is 12.3 Å². The molecule has 1 N–H and O–H groups in total. The molecule has 2 heterocycles. The molecule has 0 aromatic carbocycles. The van der Waals surface area contributed by atoms with Gasteiger partial charge in [0.05, 0.1) is 0 Å². The molecule has 1 aromatic rings. The quantitative estimate of drug-likeness (QED) is 0.509. The van der Waals surface area contributed by atoms with Crippen LogP contribution in [0.3, 0.4) is 0 Å². The molecule has 0 bridgehead atoms. The molecular weight excluding hydrogens is 228 g/mol. The van der Waals surface area contributed by atoms with Gasteiger partial charge in [0.15, 0.2) is 0 Å². The summed E-state index contributed by atoms with van der Waals surface area (Å²) in [4.78, 5) is 47.6. The normalized spacial score (nSPS) is 22.6. The van der Waals surface area contributed by atoms with Crippen LogP contribution in [0.4, 0.5) is 0 Å². The van der Waals surface area contributed by atoms with Gasteiger partial charge in [0.25, 0.3) is 5.56 Å². The lowest BCUT2D eigenvalue weighted by Crippen LogP contribution is -2.35. The van der Waals surface area contributed by atoms with Crippen molar-refractivity contribution in [1.82, 2.24) is 9.55 Å². The Morgan fingerprint density at radius 1 is 1.29 bits per heavy atom. The monoisotopic (exact) mass is 238 g/mol. The fourth-order valence-corrected chi connectivity index (χ4v) is 1.51. The molecular formula is C10H10N2O5. The Balaban J connectivity index is 2.51. The first-order valence-corrected chi connectivity index (χ1v) is 4.91. The van der Waals surface area contributed by atoms with Crippen LogP contribution in [0.2, 0.25) is 0 Å². The fraction of sp³-hybridized carbons (Fsp3) is 0.400. The predicted molar refractivity (Wildman–Crippen MR) is 55.2 cm³/mol. The number of rotatable bonds is 1. The molecule has 0 radical (unpaired) electrons. The lowest BCUT2D eigenvalue weighted by atomic mass is 9.90. The summed E-state index contributed by atoms with van der Waals surface area (Å²) < 4.78 is 5.73. The van der Waals surface area contributed by atoms with Crippen molar-refractivity contribution in [3.05, 3.63) is 33.1 Å². The van der Waals surface area contributed by atoms with Crippen LogP contribution < -0.4 is 11.2 Å². The van der Waals surface area contributed by atoms with E-state index in [1.165, 1.54) is 13.8 Å². The number of carbonyl (C=O) groups excluding carboxylic acids is 2. The molecule has 1 aliphatic heterocycles. The molecule has 1 atom stereocenters. The summed E-state index contributed by atoms with van der Waals surface area (Å²) in [5.74, 6) is -1.21. The molecule has 7 heteroatoms. The Bertz CT molecular complexity index is 610. The van der Waals surface area contributed by atoms with E-state index in [4.69, 9.17) is 4.74 Å². The molecule has 1 fully saturated rings. The van der Waals surface area contributed by atoms with E-state index in [0.717, 1.165) is 16.8 Å². The van der Waals surface area contributed by atoms with Gasteiger partial charge in [0.1, 0.15) is 5.41 Å². The van der Waals surface area contributed by atoms with Crippen LogP contribution in [0.1, 0.15) is 20.1 Å². The lowest BCUT2D eigenvalue weighted by molar-refractivity contribution is -0.150. The van der Waals surface area contributed by atoms with Gasteiger partial charge >= 0.3 is 11.7 Å². The SMILES string of the molecule is CC1(C)C(=O)O[C@@H](n2ccc(=O)[nH]c2=O)C1=O. The Kier molecular flexibility index (Phi) is 2.27. The molecule has 2 rings (SSSR count). The number of H-pyrrole nitrogens is 1. The third-order valence-corrected chi connectivity index (χ3v) is 2.67. The zero-order chi connectivity index (χ0) is 12.8. The number of Topliss-reactive ketones (excluding diaryl/α,β-unsaturated/α-hetero) is 1. The van der Waals surface area contributed by atoms with Gasteiger partial charge in [-0.15, -0.1) is 0 Å². The molecule has 1 saturated heterocycles. The second-order valence-corrected chi connectivity index (χ2v) is 4.26. The molecule has 0 saturated carbocycles. The van der Waals surface area contributed by atoms with Crippen LogP contribution >= 0.6 is 0 Å². The largest absolute Gasteiger partial charge is 0.433 e. The number of esters is 1. The Hall–Kier alpha value is -2.18. The van der Waals surface area contributed by atoms with Gasteiger partial charge in [0.2, 0.25) is 12.0 Å². The predicted octanol–water partition coefficient (Wildman–Crippen LogP) is -0.813. The number of hydrogen-bond donors (Lipinski definition) is 1. The van der Waals surface area contributed by atoms with Crippen LogP contribution in [-0.2, 0) is 14.3 Å². The number of nitrogens with one attached hydrogen (secondary N) is 1. The second kappa shape index (κ2) is 3.41. The van der Waals surface area contributed by atoms with E-state index in [-0.39, 0.29) is 0 Å². The van der Waals surface area contributed by atoms with Crippen molar-refractivity contribution in [3.8, 4) is 0 Å². The number of cyclic esters (lactones) is 1. The van der Waals surface area contributed by atoms with E-state index in [9.17, 15) is 19.2 Å². The summed E-state index contributed by atoms with van der Waals surface area (Å²) in [6.45, 7) is 2.85. The van der Waals surface area contributed by atoms with Gasteiger partial charge < -0.3 is 4.74 Å². The van der Waals surface area contributed by atoms with Gasteiger partial charge in [-0.2, -0.15) is 0 Å². The first-order valence-electron chi connectivity index (χ1n) is 4.91. The Morgan fingerprint density at radius 2 is 1.94 bits per heavy atom. The van der Waals surface area contributed by atoms with Crippen molar-refractivity contribution in [3.63, 3.8) is 0 Å². The van der Waals surface area contributed by atoms with E-state index in [2.05, 4.69) is 0 Å². The molecule has 0 amide bonds. The second-order valence-electron chi connectivity index (χ2n) is 4.26. The summed E-state index contributed by atoms with van der Waals surface area (Å²) in [6.07, 6.45) is -0.180. The Morgan fingerprint density at radius 3 is 2.41 bits per heavy atom. The molecule has 0 unspecified atom stereocenters. The number of ketones is 1. The topological polar surface area (TPSA) is 98.2 Å². The minimum atomic E-state index is -1.30. The molecule has 0 spiro atoms. The zero-order valence-electron chi connectivity index (χ0n) is 9.22. The standard InChI is InChI=1S/C10H10N2O5/c1-10(2)6(14)7(17-8(10)15)12-4-3-5(13)11-9(12)16/h3-4,7H,1-2H3,(H,11,13,16)/t7-/m1/s1. The van der Waals surface area contributed by atoms with E-state index in [1.54, 1.807) is 0 Å². The Labute approximate surface area is 95.0 Å². The number of aromatic nitrogens is 2. The molecule has 1 aromatic heterocycles. The van der Waals surface area contributed by atoms with Gasteiger partial charge in [-0.3, -0.25) is 23.9 Å². The molecule has 0 aliphatic carbocycles. The zero-order valence-corrected chi connectivity index (χ0v) is 9.22. The smallest absolute Gasteiger partial charge is 0.331 e. The summed E-state index contributed by atoms with van der Waals surface area (Å²) in [5.41, 5.74) is -2.65. The highest BCUT2D eigenvalue weighted by Crippen LogP contribution is 2.33. The van der Waals surface area contributed by atoms with Gasteiger partial charge in [-0.05, 0) is 13.8 Å². The van der Waals surface area contributed by atoms with E-state index >= 15 is 0 Å². The fourth-order valence-electron chi connectivity index (χ4n) is 1.51. The first-order chi connectivity index (χ1) is 7.84. The average molecular weight is 238 g/mol. The van der Waals surface area contributed by atoms with Crippen LogP contribution in [-0.4, -0.2) is 21.3 Å². The summed E-state index contributed by atoms with van der Waals surface area (Å²) >= 11 is 0. The first kappa shape index (κ1) is 11.3. The average Bonchev–Trinajstić information content (AvgIpc) is 2.43. The van der Waals surface area contributed by atoms with Gasteiger partial charge in [-0.25, -0.2) is 4.79 Å². The van der Waals surface area contributed by atoms with E-state index < -0.39 is 34.6 Å². The number of carbonyl (C=O) groups is 2. The highest BCUT2D eigenvalue weighted by molar-refractivity contribution is 6.08. The van der Waals surface area contributed by atoms with Crippen molar-refractivity contribution in [2.45, 2.75) is 20.1 Å². The third kappa shape index (κ3) is 1.59. The number of nitrogens with zero attached hydrogens (tertiary/aromatic N) is 1. The molecule has 90 valence electrons. The van der Waals surface area contributed by atoms with Crippen LogP contribution in [0.25, 0.3) is 0 Å². The van der Waals surface area contributed by atoms with Crippen molar-refractivity contribution in [2.75, 3.05) is 0 Å². The molecule has 7 nitrogen and oxygen atoms in total. The van der Waals surface area contributed by atoms with Crippen molar-refractivity contribution < 1.29 is 14.3 Å². The molecule has 17 heavy (non-hydrogen) atoms. The minimum absolute atomic E-state index is 0.517. The van der Waals surface area contributed by atoms with Crippen molar-refractivity contribution in [1.29, 1.82) is 0 Å². The number of ether oxygens (including phenoxy) is 1. The lowest BCUT2D eigenvalue weighted by Gasteiger charge is -2.11. The summed E-state index contributed by atoms with van der Waals surface area (Å²) in [7, 11) is 0. The highest BCUT2D eigenvalue weighted by atomic mass is 16.6. The van der Waals surface area contributed by atoms with Gasteiger partial charge in [-0.1, -0.05) is 0 Å². The maximum atomic E-state index is 11.9. The maximum absolute atomic E-state index is 11.9. The van der Waals surface area contributed by atoms with Crippen LogP contribution in [0.5, 0.6) is 0 Å². The van der Waals surface area contributed by atoms with Crippen molar-refractivity contribution >= 4 is 11.8 Å². The van der Waals surface area contributed by atoms with Crippen LogP contribution in [0.15, 0.2) is 21.9 Å². The van der Waals surface area contributed by atoms with Crippen molar-refractivity contribution in [2.24, 2.45) is 5.41 Å². The molecule has 1 aliphatic rings.